The number of aromatic nitrogens is 1. The molecular weight excluding hydrogens is 344 g/mol. The Kier molecular flexibility index (Phi) is 5.37. The van der Waals surface area contributed by atoms with Gasteiger partial charge in [-0.05, 0) is 38.2 Å². The smallest absolute Gasteiger partial charge is 0.266 e. The van der Waals surface area contributed by atoms with Crippen molar-refractivity contribution in [3.8, 4) is 5.88 Å². The second-order valence-corrected chi connectivity index (χ2v) is 7.46. The number of amides is 1. The van der Waals surface area contributed by atoms with Crippen LogP contribution in [0.3, 0.4) is 0 Å². The molecule has 112 valence electrons. The Bertz CT molecular complexity index is 700. The lowest BCUT2D eigenvalue weighted by atomic mass is 10.3. The van der Waals surface area contributed by atoms with Crippen molar-refractivity contribution < 1.29 is 9.90 Å². The van der Waals surface area contributed by atoms with Crippen LogP contribution < -0.4 is 0 Å². The average Bonchev–Trinajstić information content (AvgIpc) is 2.87. The number of rotatable bonds is 4. The van der Waals surface area contributed by atoms with E-state index in [1.165, 1.54) is 23.1 Å². The molecule has 8 heteroatoms. The Morgan fingerprint density at radius 2 is 2.00 bits per heavy atom. The monoisotopic (exact) mass is 358 g/mol. The van der Waals surface area contributed by atoms with Crippen LogP contribution in [0.1, 0.15) is 18.7 Å². The highest BCUT2D eigenvalue weighted by molar-refractivity contribution is 8.26. The summed E-state index contributed by atoms with van der Waals surface area (Å²) in [5.41, 5.74) is 0. The minimum Gasteiger partial charge on any atom is -0.493 e. The molecule has 1 aromatic rings. The Labute approximate surface area is 141 Å². The molecule has 1 saturated heterocycles. The van der Waals surface area contributed by atoms with E-state index in [4.69, 9.17) is 24.4 Å². The molecule has 1 fully saturated rings. The third-order valence-corrected chi connectivity index (χ3v) is 5.69. The number of carbonyl (C=O) groups excluding carboxylic acids is 1. The lowest BCUT2D eigenvalue weighted by molar-refractivity contribution is -0.122. The van der Waals surface area contributed by atoms with Crippen molar-refractivity contribution in [2.45, 2.75) is 20.4 Å². The number of hydrogen-bond acceptors (Lipinski definition) is 6. The predicted octanol–water partition coefficient (Wildman–Crippen LogP) is 3.78. The van der Waals surface area contributed by atoms with Crippen LogP contribution in [0.4, 0.5) is 0 Å². The third-order valence-electron chi connectivity index (χ3n) is 2.89. The number of nitrogens with zero attached hydrogens (tertiary/aromatic N) is 2. The Morgan fingerprint density at radius 1 is 1.29 bits per heavy atom. The first kappa shape index (κ1) is 16.4. The number of thiocarbonyl (C=S) groups is 1. The van der Waals surface area contributed by atoms with Crippen molar-refractivity contribution >= 4 is 63.8 Å². The van der Waals surface area contributed by atoms with Gasteiger partial charge >= 0.3 is 0 Å². The number of hydrogen-bond donors (Lipinski definition) is 1. The van der Waals surface area contributed by atoms with Crippen LogP contribution in [-0.2, 0) is 11.3 Å². The van der Waals surface area contributed by atoms with Crippen LogP contribution in [0.25, 0.3) is 6.08 Å². The molecule has 0 saturated carbocycles. The maximum atomic E-state index is 12.0. The molecule has 0 bridgehead atoms. The standard InChI is InChI=1S/C13H14N2O2S4/c1-3-14-10(16)8(20-12(14)18)6-5-7-9-11(17)15(4-2)13(19)21-9/h5-7,16H,3-4H2,1-2H3/b6-5+,9-7+. The molecule has 1 amide bonds. The van der Waals surface area contributed by atoms with E-state index in [0.717, 1.165) is 0 Å². The maximum Gasteiger partial charge on any atom is 0.266 e. The zero-order valence-electron chi connectivity index (χ0n) is 11.5. The van der Waals surface area contributed by atoms with Crippen molar-refractivity contribution in [2.24, 2.45) is 0 Å². The van der Waals surface area contributed by atoms with Crippen molar-refractivity contribution in [2.75, 3.05) is 6.54 Å². The van der Waals surface area contributed by atoms with Gasteiger partial charge in [0.1, 0.15) is 4.32 Å². The summed E-state index contributed by atoms with van der Waals surface area (Å²) < 4.78 is 2.88. The molecule has 0 atom stereocenters. The van der Waals surface area contributed by atoms with Crippen LogP contribution >= 0.6 is 47.5 Å². The molecule has 1 aliphatic rings. The van der Waals surface area contributed by atoms with Gasteiger partial charge in [0.25, 0.3) is 5.91 Å². The van der Waals surface area contributed by atoms with E-state index in [2.05, 4.69) is 0 Å². The SMILES string of the molecule is CCN1C(=O)/C(=C\C=C\c2sc(=S)n(CC)c2O)SC1=S. The zero-order valence-corrected chi connectivity index (χ0v) is 14.8. The summed E-state index contributed by atoms with van der Waals surface area (Å²) in [6, 6.07) is 0. The van der Waals surface area contributed by atoms with Gasteiger partial charge in [0.15, 0.2) is 3.95 Å². The topological polar surface area (TPSA) is 45.5 Å². The van der Waals surface area contributed by atoms with Gasteiger partial charge in [-0.3, -0.25) is 14.3 Å². The van der Waals surface area contributed by atoms with Crippen LogP contribution in [-0.4, -0.2) is 31.3 Å². The van der Waals surface area contributed by atoms with Crippen LogP contribution in [0.15, 0.2) is 17.1 Å². The normalized spacial score (nSPS) is 17.6. The molecule has 0 spiro atoms. The predicted molar refractivity (Wildman–Crippen MR) is 95.2 cm³/mol. The second kappa shape index (κ2) is 6.87. The lowest BCUT2D eigenvalue weighted by Gasteiger charge is -2.09. The van der Waals surface area contributed by atoms with Crippen molar-refractivity contribution in [3.05, 3.63) is 25.9 Å². The van der Waals surface area contributed by atoms with E-state index in [1.54, 1.807) is 27.7 Å². The first-order chi connectivity index (χ1) is 9.99. The van der Waals surface area contributed by atoms with E-state index >= 15 is 0 Å². The minimum atomic E-state index is -0.0693. The largest absolute Gasteiger partial charge is 0.493 e. The molecule has 1 N–H and O–H groups in total. The molecule has 2 heterocycles. The van der Waals surface area contributed by atoms with Crippen LogP contribution in [0.2, 0.25) is 0 Å². The number of thiazole rings is 1. The summed E-state index contributed by atoms with van der Waals surface area (Å²) in [5.74, 6) is 0.0957. The van der Waals surface area contributed by atoms with Gasteiger partial charge in [-0.25, -0.2) is 0 Å². The van der Waals surface area contributed by atoms with E-state index < -0.39 is 0 Å². The molecule has 1 aromatic heterocycles. The molecule has 0 aliphatic carbocycles. The molecular formula is C13H14N2O2S4. The summed E-state index contributed by atoms with van der Waals surface area (Å²) >= 11 is 12.9. The van der Waals surface area contributed by atoms with Crippen molar-refractivity contribution in [3.63, 3.8) is 0 Å². The maximum absolute atomic E-state index is 12.0. The number of aromatic hydroxyl groups is 1. The first-order valence-corrected chi connectivity index (χ1v) is 8.79. The van der Waals surface area contributed by atoms with Crippen molar-refractivity contribution in [1.82, 2.24) is 9.47 Å². The van der Waals surface area contributed by atoms with Gasteiger partial charge in [0, 0.05) is 13.1 Å². The molecule has 0 radical (unpaired) electrons. The summed E-state index contributed by atoms with van der Waals surface area (Å²) in [5, 5.41) is 10.0. The molecule has 21 heavy (non-hydrogen) atoms. The number of carbonyl (C=O) groups is 1. The van der Waals surface area contributed by atoms with E-state index in [0.29, 0.717) is 31.1 Å². The Morgan fingerprint density at radius 3 is 2.52 bits per heavy atom. The van der Waals surface area contributed by atoms with Crippen molar-refractivity contribution in [1.29, 1.82) is 0 Å². The summed E-state index contributed by atoms with van der Waals surface area (Å²) in [7, 11) is 0. The van der Waals surface area contributed by atoms with E-state index in [9.17, 15) is 9.90 Å². The summed E-state index contributed by atoms with van der Waals surface area (Å²) in [6.45, 7) is 5.02. The second-order valence-electron chi connectivity index (χ2n) is 4.11. The van der Waals surface area contributed by atoms with E-state index in [-0.39, 0.29) is 11.8 Å². The van der Waals surface area contributed by atoms with Gasteiger partial charge < -0.3 is 5.11 Å². The highest BCUT2D eigenvalue weighted by Crippen LogP contribution is 2.31. The van der Waals surface area contributed by atoms with Gasteiger partial charge in [0.05, 0.1) is 9.78 Å². The number of likely N-dealkylation sites (N-methyl/N-ethyl adjacent to an activating group) is 1. The highest BCUT2D eigenvalue weighted by atomic mass is 32.2. The van der Waals surface area contributed by atoms with Gasteiger partial charge in [0.2, 0.25) is 5.88 Å². The fraction of sp³-hybridized carbons (Fsp3) is 0.308. The van der Waals surface area contributed by atoms with Crippen LogP contribution in [0.5, 0.6) is 5.88 Å². The fourth-order valence-corrected chi connectivity index (χ4v) is 4.49. The molecule has 2 rings (SSSR count). The zero-order chi connectivity index (χ0) is 15.6. The molecule has 4 nitrogen and oxygen atoms in total. The minimum absolute atomic E-state index is 0.0693. The molecule has 0 aromatic carbocycles. The summed E-state index contributed by atoms with van der Waals surface area (Å²) in [6.07, 6.45) is 5.20. The third kappa shape index (κ3) is 3.28. The van der Waals surface area contributed by atoms with Gasteiger partial charge in [-0.2, -0.15) is 0 Å². The summed E-state index contributed by atoms with van der Waals surface area (Å²) in [4.78, 5) is 14.9. The molecule has 1 aliphatic heterocycles. The fourth-order valence-electron chi connectivity index (χ4n) is 1.81. The Balaban J connectivity index is 2.20. The number of allylic oxidation sites excluding steroid dienone is 2. The highest BCUT2D eigenvalue weighted by Gasteiger charge is 2.29. The van der Waals surface area contributed by atoms with E-state index in [1.807, 2.05) is 13.8 Å². The van der Waals surface area contributed by atoms with Crippen LogP contribution in [0, 0.1) is 3.95 Å². The average molecular weight is 359 g/mol. The first-order valence-electron chi connectivity index (χ1n) is 6.34. The lowest BCUT2D eigenvalue weighted by Crippen LogP contribution is -2.27. The number of thioether (sulfide) groups is 1. The van der Waals surface area contributed by atoms with Gasteiger partial charge in [-0.1, -0.05) is 30.1 Å². The Hall–Kier alpha value is -0.960. The van der Waals surface area contributed by atoms with Gasteiger partial charge in [-0.15, -0.1) is 11.3 Å². The quantitative estimate of drug-likeness (QED) is 0.655. The molecule has 0 unspecified atom stereocenters.